The number of nitrogens with zero attached hydrogens (tertiary/aromatic N) is 1. The molecule has 0 aromatic rings. The van der Waals surface area contributed by atoms with Crippen LogP contribution < -0.4 is 5.32 Å². The average Bonchev–Trinajstić information content (AvgIpc) is 2.15. The van der Waals surface area contributed by atoms with Gasteiger partial charge in [-0.25, -0.2) is 0 Å². The highest BCUT2D eigenvalue weighted by Gasteiger charge is 2.22. The molecule has 0 radical (unpaired) electrons. The lowest BCUT2D eigenvalue weighted by Gasteiger charge is -2.26. The van der Waals surface area contributed by atoms with Crippen LogP contribution in [0.5, 0.6) is 0 Å². The summed E-state index contributed by atoms with van der Waals surface area (Å²) in [5.74, 6) is 0.181. The lowest BCUT2D eigenvalue weighted by atomic mass is 9.85. The highest BCUT2D eigenvalue weighted by Crippen LogP contribution is 2.25. The van der Waals surface area contributed by atoms with Crippen molar-refractivity contribution in [1.29, 1.82) is 0 Å². The van der Waals surface area contributed by atoms with Gasteiger partial charge in [-0.3, -0.25) is 4.79 Å². The molecular weight excluding hydrogens is 212 g/mol. The van der Waals surface area contributed by atoms with Gasteiger partial charge in [0.25, 0.3) is 0 Å². The molecule has 0 spiro atoms. The van der Waals surface area contributed by atoms with Crippen LogP contribution in [0.1, 0.15) is 33.6 Å². The molecule has 98 valence electrons. The molecule has 0 aliphatic heterocycles. The fraction of sp³-hybridized carbons (Fsp3) is 0.643. The van der Waals surface area contributed by atoms with Crippen LogP contribution >= 0.6 is 0 Å². The van der Waals surface area contributed by atoms with E-state index in [4.69, 9.17) is 0 Å². The Bertz CT molecular complexity index is 282. The zero-order chi connectivity index (χ0) is 13.5. The van der Waals surface area contributed by atoms with Gasteiger partial charge in [-0.15, -0.1) is 6.58 Å². The van der Waals surface area contributed by atoms with Gasteiger partial charge in [0.2, 0.25) is 5.91 Å². The number of nitrogens with one attached hydrogen (secondary N) is 1. The monoisotopic (exact) mass is 238 g/mol. The van der Waals surface area contributed by atoms with Crippen molar-refractivity contribution in [2.24, 2.45) is 5.41 Å². The Balaban J connectivity index is 4.04. The van der Waals surface area contributed by atoms with E-state index in [1.807, 2.05) is 20.0 Å². The minimum absolute atomic E-state index is 0.00508. The highest BCUT2D eigenvalue weighted by molar-refractivity contribution is 5.76. The van der Waals surface area contributed by atoms with E-state index in [0.29, 0.717) is 13.0 Å². The van der Waals surface area contributed by atoms with Crippen molar-refractivity contribution in [3.8, 4) is 0 Å². The first-order valence-corrected chi connectivity index (χ1v) is 6.03. The number of amides is 1. The minimum atomic E-state index is -0.00508. The third-order valence-electron chi connectivity index (χ3n) is 2.63. The van der Waals surface area contributed by atoms with Gasteiger partial charge in [0.1, 0.15) is 0 Å². The second kappa shape index (κ2) is 7.15. The summed E-state index contributed by atoms with van der Waals surface area (Å²) in [7, 11) is 1.84. The Kier molecular flexibility index (Phi) is 6.62. The van der Waals surface area contributed by atoms with E-state index in [1.165, 1.54) is 0 Å². The third-order valence-corrected chi connectivity index (χ3v) is 2.63. The first-order chi connectivity index (χ1) is 7.78. The van der Waals surface area contributed by atoms with Crippen LogP contribution in [0.2, 0.25) is 0 Å². The lowest BCUT2D eigenvalue weighted by Crippen LogP contribution is -2.35. The van der Waals surface area contributed by atoms with E-state index < -0.39 is 0 Å². The number of carbonyl (C=O) groups excluding carboxylic acids is 1. The summed E-state index contributed by atoms with van der Waals surface area (Å²) in [6, 6.07) is 0. The Morgan fingerprint density at radius 3 is 2.53 bits per heavy atom. The number of hydrogen-bond acceptors (Lipinski definition) is 2. The maximum Gasteiger partial charge on any atom is 0.222 e. The normalized spacial score (nSPS) is 10.8. The summed E-state index contributed by atoms with van der Waals surface area (Å²) < 4.78 is 0. The summed E-state index contributed by atoms with van der Waals surface area (Å²) >= 11 is 0. The van der Waals surface area contributed by atoms with Gasteiger partial charge < -0.3 is 10.2 Å². The first-order valence-electron chi connectivity index (χ1n) is 6.03. The van der Waals surface area contributed by atoms with Crippen LogP contribution in [0, 0.1) is 5.41 Å². The molecule has 0 rings (SSSR count). The van der Waals surface area contributed by atoms with Gasteiger partial charge in [0.15, 0.2) is 0 Å². The molecule has 0 fully saturated rings. The minimum Gasteiger partial charge on any atom is -0.387 e. The summed E-state index contributed by atoms with van der Waals surface area (Å²) in [4.78, 5) is 13.7. The Morgan fingerprint density at radius 2 is 2.06 bits per heavy atom. The summed E-state index contributed by atoms with van der Waals surface area (Å²) in [5, 5.41) is 3.11. The van der Waals surface area contributed by atoms with Gasteiger partial charge in [-0.2, -0.15) is 0 Å². The van der Waals surface area contributed by atoms with Gasteiger partial charge in [-0.05, 0) is 18.8 Å². The second-order valence-electron chi connectivity index (χ2n) is 5.36. The highest BCUT2D eigenvalue weighted by atomic mass is 16.2. The molecule has 0 aromatic heterocycles. The molecule has 0 bridgehead atoms. The largest absolute Gasteiger partial charge is 0.387 e. The molecule has 17 heavy (non-hydrogen) atoms. The smallest absolute Gasteiger partial charge is 0.222 e. The van der Waals surface area contributed by atoms with Crippen molar-refractivity contribution in [3.63, 3.8) is 0 Å². The standard InChI is InChI=1S/C14H26N2O/c1-7-8-14(4,5)11-13(17)16(6)10-9-15-12(2)3/h7,15H,1-2,8-11H2,3-6H3. The van der Waals surface area contributed by atoms with E-state index in [1.54, 1.807) is 4.90 Å². The summed E-state index contributed by atoms with van der Waals surface area (Å²) in [5.41, 5.74) is 0.923. The summed E-state index contributed by atoms with van der Waals surface area (Å²) in [6.45, 7) is 15.0. The predicted octanol–water partition coefficient (Wildman–Crippen LogP) is 2.56. The molecule has 0 aromatic carbocycles. The van der Waals surface area contributed by atoms with Crippen molar-refractivity contribution in [2.75, 3.05) is 20.1 Å². The fourth-order valence-electron chi connectivity index (χ4n) is 1.57. The number of hydrogen-bond donors (Lipinski definition) is 1. The zero-order valence-electron chi connectivity index (χ0n) is 11.7. The number of rotatable bonds is 8. The van der Waals surface area contributed by atoms with Crippen molar-refractivity contribution >= 4 is 5.91 Å². The molecule has 0 saturated carbocycles. The van der Waals surface area contributed by atoms with E-state index in [0.717, 1.165) is 18.7 Å². The molecule has 0 aliphatic carbocycles. The van der Waals surface area contributed by atoms with Gasteiger partial charge in [-0.1, -0.05) is 26.5 Å². The fourth-order valence-corrected chi connectivity index (χ4v) is 1.57. The van der Waals surface area contributed by atoms with Crippen molar-refractivity contribution in [1.82, 2.24) is 10.2 Å². The summed E-state index contributed by atoms with van der Waals surface area (Å²) in [6.07, 6.45) is 3.29. The van der Waals surface area contributed by atoms with E-state index in [-0.39, 0.29) is 11.3 Å². The number of likely N-dealkylation sites (N-methyl/N-ethyl adjacent to an activating group) is 1. The second-order valence-corrected chi connectivity index (χ2v) is 5.36. The van der Waals surface area contributed by atoms with Gasteiger partial charge in [0.05, 0.1) is 0 Å². The van der Waals surface area contributed by atoms with Crippen molar-refractivity contribution in [2.45, 2.75) is 33.6 Å². The SMILES string of the molecule is C=CCC(C)(C)CC(=O)N(C)CCNC(=C)C. The first kappa shape index (κ1) is 15.8. The third kappa shape index (κ3) is 7.61. The number of allylic oxidation sites excluding steroid dienone is 2. The molecule has 0 aliphatic rings. The van der Waals surface area contributed by atoms with Crippen molar-refractivity contribution < 1.29 is 4.79 Å². The topological polar surface area (TPSA) is 32.3 Å². The van der Waals surface area contributed by atoms with Crippen LogP contribution in [-0.4, -0.2) is 30.9 Å². The Labute approximate surface area is 106 Å². The molecule has 1 N–H and O–H groups in total. The van der Waals surface area contributed by atoms with Crippen LogP contribution in [0.15, 0.2) is 24.9 Å². The molecule has 1 amide bonds. The van der Waals surface area contributed by atoms with E-state index >= 15 is 0 Å². The zero-order valence-corrected chi connectivity index (χ0v) is 11.7. The Morgan fingerprint density at radius 1 is 1.47 bits per heavy atom. The van der Waals surface area contributed by atoms with E-state index in [2.05, 4.69) is 32.3 Å². The molecule has 0 unspecified atom stereocenters. The van der Waals surface area contributed by atoms with E-state index in [9.17, 15) is 4.79 Å². The molecule has 0 heterocycles. The van der Waals surface area contributed by atoms with Crippen LogP contribution in [0.4, 0.5) is 0 Å². The predicted molar refractivity (Wildman–Crippen MR) is 73.7 cm³/mol. The van der Waals surface area contributed by atoms with Crippen LogP contribution in [0.3, 0.4) is 0 Å². The van der Waals surface area contributed by atoms with Gasteiger partial charge >= 0.3 is 0 Å². The Hall–Kier alpha value is -1.25. The molecule has 0 atom stereocenters. The van der Waals surface area contributed by atoms with Crippen LogP contribution in [-0.2, 0) is 4.79 Å². The average molecular weight is 238 g/mol. The maximum atomic E-state index is 12.0. The van der Waals surface area contributed by atoms with Crippen LogP contribution in [0.25, 0.3) is 0 Å². The maximum absolute atomic E-state index is 12.0. The molecule has 3 heteroatoms. The lowest BCUT2D eigenvalue weighted by molar-refractivity contribution is -0.131. The molecule has 0 saturated heterocycles. The molecule has 3 nitrogen and oxygen atoms in total. The van der Waals surface area contributed by atoms with Crippen molar-refractivity contribution in [3.05, 3.63) is 24.9 Å². The number of carbonyl (C=O) groups is 1. The quantitative estimate of drug-likeness (QED) is 0.659. The molecular formula is C14H26N2O. The van der Waals surface area contributed by atoms with Gasteiger partial charge in [0, 0.05) is 32.3 Å².